The van der Waals surface area contributed by atoms with Gasteiger partial charge in [0.05, 0.1) is 14.2 Å². The van der Waals surface area contributed by atoms with E-state index in [2.05, 4.69) is 49.4 Å². The lowest BCUT2D eigenvalue weighted by Gasteiger charge is -2.16. The van der Waals surface area contributed by atoms with Crippen LogP contribution in [0, 0.1) is 0 Å². The Bertz CT molecular complexity index is 818. The normalized spacial score (nSPS) is 10.5. The van der Waals surface area contributed by atoms with Crippen LogP contribution in [0.3, 0.4) is 0 Å². The molecule has 0 unspecified atom stereocenters. The smallest absolute Gasteiger partial charge is 0.118 e. The van der Waals surface area contributed by atoms with Crippen molar-refractivity contribution in [3.63, 3.8) is 0 Å². The van der Waals surface area contributed by atoms with Crippen LogP contribution >= 0.6 is 0 Å². The summed E-state index contributed by atoms with van der Waals surface area (Å²) in [4.78, 5) is 0. The molecule has 0 amide bonds. The maximum Gasteiger partial charge on any atom is 0.118 e. The zero-order valence-electron chi connectivity index (χ0n) is 15.1. The molecule has 2 heteroatoms. The molecule has 3 aromatic carbocycles. The van der Waals surface area contributed by atoms with Crippen LogP contribution in [0.5, 0.6) is 11.5 Å². The van der Waals surface area contributed by atoms with E-state index >= 15 is 0 Å². The van der Waals surface area contributed by atoms with Crippen molar-refractivity contribution in [3.05, 3.63) is 72.3 Å². The van der Waals surface area contributed by atoms with Gasteiger partial charge in [-0.25, -0.2) is 0 Å². The van der Waals surface area contributed by atoms with Crippen LogP contribution in [-0.4, -0.2) is 14.2 Å². The molecule has 2 nitrogen and oxygen atoms in total. The van der Waals surface area contributed by atoms with Crippen LogP contribution in [-0.2, 0) is 6.42 Å². The average Bonchev–Trinajstić information content (AvgIpc) is 2.68. The summed E-state index contributed by atoms with van der Waals surface area (Å²) in [5.41, 5.74) is 6.34. The van der Waals surface area contributed by atoms with Crippen molar-refractivity contribution in [2.45, 2.75) is 19.8 Å². The lowest BCUT2D eigenvalue weighted by Crippen LogP contribution is -1.94. The van der Waals surface area contributed by atoms with Gasteiger partial charge in [0.1, 0.15) is 11.5 Å². The summed E-state index contributed by atoms with van der Waals surface area (Å²) in [7, 11) is 3.39. The van der Waals surface area contributed by atoms with Crippen molar-refractivity contribution in [3.8, 4) is 33.8 Å². The van der Waals surface area contributed by atoms with Crippen molar-refractivity contribution in [2.24, 2.45) is 0 Å². The number of benzene rings is 3. The van der Waals surface area contributed by atoms with Gasteiger partial charge >= 0.3 is 0 Å². The molecular weight excluding hydrogens is 308 g/mol. The van der Waals surface area contributed by atoms with Gasteiger partial charge in [0, 0.05) is 0 Å². The summed E-state index contributed by atoms with van der Waals surface area (Å²) in [6.07, 6.45) is 2.18. The van der Waals surface area contributed by atoms with Crippen LogP contribution in [0.4, 0.5) is 0 Å². The number of ether oxygens (including phenoxy) is 2. The van der Waals surface area contributed by atoms with Crippen LogP contribution in [0.1, 0.15) is 18.9 Å². The molecule has 0 saturated heterocycles. The van der Waals surface area contributed by atoms with Gasteiger partial charge in [-0.1, -0.05) is 55.8 Å². The molecule has 0 atom stereocenters. The highest BCUT2D eigenvalue weighted by molar-refractivity contribution is 5.86. The van der Waals surface area contributed by atoms with Gasteiger partial charge < -0.3 is 9.47 Å². The summed E-state index contributed by atoms with van der Waals surface area (Å²) < 4.78 is 10.6. The fourth-order valence-electron chi connectivity index (χ4n) is 3.19. The van der Waals surface area contributed by atoms with Gasteiger partial charge in [0.15, 0.2) is 0 Å². The highest BCUT2D eigenvalue weighted by Gasteiger charge is 2.12. The molecule has 3 rings (SSSR count). The van der Waals surface area contributed by atoms with E-state index in [0.29, 0.717) is 0 Å². The summed E-state index contributed by atoms with van der Waals surface area (Å²) in [5, 5.41) is 0. The average molecular weight is 332 g/mol. The Labute approximate surface area is 150 Å². The fraction of sp³-hybridized carbons (Fsp3) is 0.217. The van der Waals surface area contributed by atoms with E-state index in [4.69, 9.17) is 9.47 Å². The van der Waals surface area contributed by atoms with Crippen LogP contribution < -0.4 is 9.47 Å². The maximum atomic E-state index is 5.31. The Morgan fingerprint density at radius 3 is 1.76 bits per heavy atom. The molecule has 0 fully saturated rings. The lowest BCUT2D eigenvalue weighted by atomic mass is 9.89. The topological polar surface area (TPSA) is 18.5 Å². The highest BCUT2D eigenvalue weighted by Crippen LogP contribution is 2.36. The molecule has 0 aliphatic heterocycles. The van der Waals surface area contributed by atoms with E-state index in [1.165, 1.54) is 27.8 Å². The first kappa shape index (κ1) is 17.1. The molecule has 0 aromatic heterocycles. The van der Waals surface area contributed by atoms with E-state index in [9.17, 15) is 0 Å². The van der Waals surface area contributed by atoms with E-state index in [1.807, 2.05) is 24.3 Å². The molecule has 3 aromatic rings. The van der Waals surface area contributed by atoms with Gasteiger partial charge in [-0.3, -0.25) is 0 Å². The Hall–Kier alpha value is -2.74. The third kappa shape index (κ3) is 3.69. The van der Waals surface area contributed by atoms with Gasteiger partial charge in [-0.15, -0.1) is 0 Å². The van der Waals surface area contributed by atoms with Crippen molar-refractivity contribution < 1.29 is 9.47 Å². The van der Waals surface area contributed by atoms with Crippen molar-refractivity contribution in [2.75, 3.05) is 14.2 Å². The molecule has 128 valence electrons. The molecule has 25 heavy (non-hydrogen) atoms. The minimum Gasteiger partial charge on any atom is -0.497 e. The third-order valence-corrected chi connectivity index (χ3v) is 4.45. The zero-order chi connectivity index (χ0) is 17.6. The second kappa shape index (κ2) is 7.89. The fourth-order valence-corrected chi connectivity index (χ4v) is 3.19. The van der Waals surface area contributed by atoms with E-state index in [1.54, 1.807) is 14.2 Å². The van der Waals surface area contributed by atoms with Crippen LogP contribution in [0.2, 0.25) is 0 Å². The van der Waals surface area contributed by atoms with Crippen LogP contribution in [0.15, 0.2) is 66.7 Å². The molecule has 0 N–H and O–H groups in total. The first-order chi connectivity index (χ1) is 12.3. The monoisotopic (exact) mass is 332 g/mol. The zero-order valence-corrected chi connectivity index (χ0v) is 15.1. The largest absolute Gasteiger partial charge is 0.497 e. The maximum absolute atomic E-state index is 5.31. The number of hydrogen-bond acceptors (Lipinski definition) is 2. The van der Waals surface area contributed by atoms with Gasteiger partial charge in [-0.05, 0) is 58.5 Å². The number of hydrogen-bond donors (Lipinski definition) is 0. The molecular formula is C23H24O2. The first-order valence-electron chi connectivity index (χ1n) is 8.67. The minimum atomic E-state index is 0.875. The van der Waals surface area contributed by atoms with Gasteiger partial charge in [0.25, 0.3) is 0 Å². The Balaban J connectivity index is 2.15. The molecule has 0 radical (unpaired) electrons. The molecule has 0 saturated carbocycles. The third-order valence-electron chi connectivity index (χ3n) is 4.45. The predicted octanol–water partition coefficient (Wildman–Crippen LogP) is 5.99. The molecule has 0 bridgehead atoms. The minimum absolute atomic E-state index is 0.875. The van der Waals surface area contributed by atoms with Crippen LogP contribution in [0.25, 0.3) is 22.3 Å². The Kier molecular flexibility index (Phi) is 5.39. The summed E-state index contributed by atoms with van der Waals surface area (Å²) in [6.45, 7) is 2.22. The standard InChI is InChI=1S/C23H24O2/c1-4-6-18-7-5-8-22(17-9-13-20(24-2)14-10-17)23(18)19-11-15-21(25-3)16-12-19/h5,7-16H,4,6H2,1-3H3. The summed E-state index contributed by atoms with van der Waals surface area (Å²) in [5.74, 6) is 1.75. The molecule has 0 spiro atoms. The second-order valence-corrected chi connectivity index (χ2v) is 6.05. The van der Waals surface area contributed by atoms with E-state index in [0.717, 1.165) is 24.3 Å². The van der Waals surface area contributed by atoms with Crippen molar-refractivity contribution in [1.82, 2.24) is 0 Å². The summed E-state index contributed by atoms with van der Waals surface area (Å²) in [6, 6.07) is 23.2. The second-order valence-electron chi connectivity index (χ2n) is 6.05. The van der Waals surface area contributed by atoms with Gasteiger partial charge in [-0.2, -0.15) is 0 Å². The van der Waals surface area contributed by atoms with Crippen molar-refractivity contribution in [1.29, 1.82) is 0 Å². The number of methoxy groups -OCH3 is 2. The van der Waals surface area contributed by atoms with Gasteiger partial charge in [0.2, 0.25) is 0 Å². The highest BCUT2D eigenvalue weighted by atomic mass is 16.5. The van der Waals surface area contributed by atoms with Crippen molar-refractivity contribution >= 4 is 0 Å². The lowest BCUT2D eigenvalue weighted by molar-refractivity contribution is 0.414. The van der Waals surface area contributed by atoms with E-state index < -0.39 is 0 Å². The quantitative estimate of drug-likeness (QED) is 0.552. The SMILES string of the molecule is CCCc1cccc(-c2ccc(OC)cc2)c1-c1ccc(OC)cc1. The predicted molar refractivity (Wildman–Crippen MR) is 104 cm³/mol. The molecule has 0 aliphatic carbocycles. The Morgan fingerprint density at radius 2 is 1.24 bits per heavy atom. The molecule has 0 aliphatic rings. The Morgan fingerprint density at radius 1 is 0.680 bits per heavy atom. The first-order valence-corrected chi connectivity index (χ1v) is 8.67. The summed E-state index contributed by atoms with van der Waals surface area (Å²) >= 11 is 0. The molecule has 0 heterocycles. The van der Waals surface area contributed by atoms with E-state index in [-0.39, 0.29) is 0 Å². The number of aryl methyl sites for hydroxylation is 1. The number of rotatable bonds is 6.